The van der Waals surface area contributed by atoms with Crippen LogP contribution in [0.1, 0.15) is 34.1 Å². The third-order valence-corrected chi connectivity index (χ3v) is 3.94. The average molecular weight is 301 g/mol. The van der Waals surface area contributed by atoms with E-state index < -0.39 is 0 Å². The molecule has 1 rings (SSSR count). The lowest BCUT2D eigenvalue weighted by Gasteiger charge is -2.36. The van der Waals surface area contributed by atoms with Gasteiger partial charge >= 0.3 is 0 Å². The number of hydrogen-bond acceptors (Lipinski definition) is 4. The number of nitrogens with one attached hydrogen (secondary N) is 1. The third kappa shape index (κ3) is 3.09. The fourth-order valence-corrected chi connectivity index (χ4v) is 2.02. The van der Waals surface area contributed by atoms with Gasteiger partial charge in [0.15, 0.2) is 0 Å². The highest BCUT2D eigenvalue weighted by Gasteiger charge is 2.25. The van der Waals surface area contributed by atoms with Crippen LogP contribution in [0.4, 0.5) is 11.6 Å². The summed E-state index contributed by atoms with van der Waals surface area (Å²) in [5.41, 5.74) is 0.0698. The zero-order chi connectivity index (χ0) is 13.1. The average Bonchev–Trinajstić information content (AvgIpc) is 2.31. The molecule has 0 bridgehead atoms. The third-order valence-electron chi connectivity index (χ3n) is 3.21. The Bertz CT molecular complexity index is 379. The minimum Gasteiger partial charge on any atom is -0.369 e. The van der Waals surface area contributed by atoms with E-state index >= 15 is 0 Å². The molecular weight excluding hydrogens is 280 g/mol. The van der Waals surface area contributed by atoms with E-state index in [1.165, 1.54) is 0 Å². The molecule has 0 spiro atoms. The molecule has 4 nitrogen and oxygen atoms in total. The Balaban J connectivity index is 3.10. The highest BCUT2D eigenvalue weighted by Crippen LogP contribution is 2.33. The van der Waals surface area contributed by atoms with Gasteiger partial charge in [0.25, 0.3) is 0 Å². The fraction of sp³-hybridized carbons (Fsp3) is 0.667. The lowest BCUT2D eigenvalue weighted by atomic mass is 10.0. The predicted octanol–water partition coefficient (Wildman–Crippen LogP) is 3.30. The van der Waals surface area contributed by atoms with Crippen molar-refractivity contribution in [2.75, 3.05) is 23.8 Å². The number of halogens is 1. The molecule has 0 saturated heterocycles. The molecule has 0 aliphatic carbocycles. The van der Waals surface area contributed by atoms with Crippen LogP contribution in [0, 0.1) is 0 Å². The summed E-state index contributed by atoms with van der Waals surface area (Å²) in [5.74, 6) is 1.76. The van der Waals surface area contributed by atoms with E-state index in [1.807, 2.05) is 6.92 Å². The van der Waals surface area contributed by atoms with Gasteiger partial charge in [0.2, 0.25) is 0 Å². The van der Waals surface area contributed by atoms with Crippen LogP contribution < -0.4 is 10.2 Å². The summed E-state index contributed by atoms with van der Waals surface area (Å²) in [6.07, 6.45) is 2.65. The fourth-order valence-electron chi connectivity index (χ4n) is 1.41. The van der Waals surface area contributed by atoms with Crippen molar-refractivity contribution in [2.24, 2.45) is 0 Å². The van der Waals surface area contributed by atoms with Gasteiger partial charge in [0.1, 0.15) is 22.4 Å². The van der Waals surface area contributed by atoms with Crippen LogP contribution in [0.25, 0.3) is 0 Å². The van der Waals surface area contributed by atoms with E-state index in [9.17, 15) is 0 Å². The SMILES string of the molecule is CCNc1ncnc(N(C)C(C)(C)CC)c1Br. The Morgan fingerprint density at radius 3 is 2.53 bits per heavy atom. The van der Waals surface area contributed by atoms with Crippen molar-refractivity contribution in [3.63, 3.8) is 0 Å². The number of rotatable bonds is 5. The van der Waals surface area contributed by atoms with Crippen molar-refractivity contribution >= 4 is 27.6 Å². The molecular formula is C12H21BrN4. The summed E-state index contributed by atoms with van der Waals surface area (Å²) < 4.78 is 0.922. The summed E-state index contributed by atoms with van der Waals surface area (Å²) in [7, 11) is 2.06. The van der Waals surface area contributed by atoms with Crippen molar-refractivity contribution in [2.45, 2.75) is 39.7 Å². The van der Waals surface area contributed by atoms with Gasteiger partial charge in [-0.3, -0.25) is 0 Å². The standard InChI is InChI=1S/C12H21BrN4/c1-6-12(3,4)17(5)11-9(13)10(14-7-2)15-8-16-11/h8H,6-7H2,1-5H3,(H,14,15,16). The molecule has 0 unspecified atom stereocenters. The zero-order valence-electron chi connectivity index (χ0n) is 11.2. The Kier molecular flexibility index (Phi) is 4.74. The summed E-state index contributed by atoms with van der Waals surface area (Å²) >= 11 is 3.58. The maximum absolute atomic E-state index is 4.36. The molecule has 1 N–H and O–H groups in total. The Morgan fingerprint density at radius 2 is 2.00 bits per heavy atom. The minimum absolute atomic E-state index is 0.0698. The first-order valence-corrected chi connectivity index (χ1v) is 6.71. The maximum atomic E-state index is 4.36. The Morgan fingerprint density at radius 1 is 1.35 bits per heavy atom. The van der Waals surface area contributed by atoms with Crippen molar-refractivity contribution in [1.82, 2.24) is 9.97 Å². The van der Waals surface area contributed by atoms with Crippen LogP contribution in [-0.4, -0.2) is 29.1 Å². The van der Waals surface area contributed by atoms with Crippen molar-refractivity contribution in [3.05, 3.63) is 10.8 Å². The van der Waals surface area contributed by atoms with Crippen molar-refractivity contribution in [3.8, 4) is 0 Å². The molecule has 0 amide bonds. The highest BCUT2D eigenvalue weighted by molar-refractivity contribution is 9.10. The Labute approximate surface area is 112 Å². The number of hydrogen-bond donors (Lipinski definition) is 1. The molecule has 0 radical (unpaired) electrons. The summed E-state index contributed by atoms with van der Waals surface area (Å²) in [5, 5.41) is 3.22. The molecule has 96 valence electrons. The molecule has 0 aromatic carbocycles. The summed E-state index contributed by atoms with van der Waals surface area (Å²) in [6.45, 7) is 9.48. The summed E-state index contributed by atoms with van der Waals surface area (Å²) in [6, 6.07) is 0. The van der Waals surface area contributed by atoms with E-state index in [0.717, 1.165) is 29.1 Å². The zero-order valence-corrected chi connectivity index (χ0v) is 12.8. The number of anilines is 2. The molecule has 5 heteroatoms. The highest BCUT2D eigenvalue weighted by atomic mass is 79.9. The topological polar surface area (TPSA) is 41.1 Å². The molecule has 0 fully saturated rings. The van der Waals surface area contributed by atoms with Crippen LogP contribution in [-0.2, 0) is 0 Å². The van der Waals surface area contributed by atoms with Crippen molar-refractivity contribution in [1.29, 1.82) is 0 Å². The predicted molar refractivity (Wildman–Crippen MR) is 76.7 cm³/mol. The molecule has 17 heavy (non-hydrogen) atoms. The van der Waals surface area contributed by atoms with Gasteiger partial charge in [0.05, 0.1) is 0 Å². The van der Waals surface area contributed by atoms with Crippen LogP contribution in [0.3, 0.4) is 0 Å². The largest absolute Gasteiger partial charge is 0.369 e. The summed E-state index contributed by atoms with van der Waals surface area (Å²) in [4.78, 5) is 10.8. The minimum atomic E-state index is 0.0698. The lowest BCUT2D eigenvalue weighted by Crippen LogP contribution is -2.41. The second-order valence-electron chi connectivity index (χ2n) is 4.62. The van der Waals surface area contributed by atoms with E-state index in [-0.39, 0.29) is 5.54 Å². The smallest absolute Gasteiger partial charge is 0.148 e. The Hall–Kier alpha value is -0.840. The van der Waals surface area contributed by atoms with E-state index in [2.05, 4.69) is 63.9 Å². The second kappa shape index (κ2) is 5.67. The van der Waals surface area contributed by atoms with Crippen LogP contribution >= 0.6 is 15.9 Å². The first kappa shape index (κ1) is 14.2. The first-order chi connectivity index (χ1) is 7.94. The van der Waals surface area contributed by atoms with Gasteiger partial charge in [-0.05, 0) is 43.1 Å². The van der Waals surface area contributed by atoms with Gasteiger partial charge in [-0.25, -0.2) is 9.97 Å². The quantitative estimate of drug-likeness (QED) is 0.906. The van der Waals surface area contributed by atoms with E-state index in [4.69, 9.17) is 0 Å². The van der Waals surface area contributed by atoms with E-state index in [1.54, 1.807) is 6.33 Å². The maximum Gasteiger partial charge on any atom is 0.148 e. The van der Waals surface area contributed by atoms with Gasteiger partial charge in [-0.2, -0.15) is 0 Å². The lowest BCUT2D eigenvalue weighted by molar-refractivity contribution is 0.466. The molecule has 1 heterocycles. The van der Waals surface area contributed by atoms with Gasteiger partial charge in [0, 0.05) is 19.1 Å². The van der Waals surface area contributed by atoms with Gasteiger partial charge < -0.3 is 10.2 Å². The number of aromatic nitrogens is 2. The van der Waals surface area contributed by atoms with Crippen LogP contribution in [0.5, 0.6) is 0 Å². The molecule has 0 aliphatic heterocycles. The molecule has 0 atom stereocenters. The van der Waals surface area contributed by atoms with Crippen LogP contribution in [0.2, 0.25) is 0 Å². The van der Waals surface area contributed by atoms with Crippen LogP contribution in [0.15, 0.2) is 10.8 Å². The normalized spacial score (nSPS) is 11.4. The first-order valence-electron chi connectivity index (χ1n) is 5.92. The molecule has 0 aliphatic rings. The second-order valence-corrected chi connectivity index (χ2v) is 5.41. The molecule has 0 saturated carbocycles. The van der Waals surface area contributed by atoms with Gasteiger partial charge in [-0.1, -0.05) is 6.92 Å². The molecule has 1 aromatic rings. The van der Waals surface area contributed by atoms with Gasteiger partial charge in [-0.15, -0.1) is 0 Å². The van der Waals surface area contributed by atoms with E-state index in [0.29, 0.717) is 0 Å². The van der Waals surface area contributed by atoms with Crippen molar-refractivity contribution < 1.29 is 0 Å². The number of nitrogens with zero attached hydrogens (tertiary/aromatic N) is 3. The monoisotopic (exact) mass is 300 g/mol. The molecule has 1 aromatic heterocycles.